The molecule has 5 nitrogen and oxygen atoms in total. The molecule has 0 aliphatic carbocycles. The smallest absolute Gasteiger partial charge is 0.258 e. The number of fused-ring (bicyclic) bond motifs is 1. The Morgan fingerprint density at radius 3 is 2.57 bits per heavy atom. The van der Waals surface area contributed by atoms with Crippen molar-refractivity contribution in [2.45, 2.75) is 11.8 Å². The Kier molecular flexibility index (Phi) is 3.91. The molecular formula is C16H14N2O3S2. The second-order valence-corrected chi connectivity index (χ2v) is 8.18. The van der Waals surface area contributed by atoms with Crippen molar-refractivity contribution >= 4 is 42.4 Å². The van der Waals surface area contributed by atoms with Gasteiger partial charge in [-0.25, -0.2) is 13.4 Å². The van der Waals surface area contributed by atoms with Crippen molar-refractivity contribution < 1.29 is 13.2 Å². The van der Waals surface area contributed by atoms with Crippen molar-refractivity contribution in [3.05, 3.63) is 53.6 Å². The maximum atomic E-state index is 12.4. The van der Waals surface area contributed by atoms with Gasteiger partial charge in [0, 0.05) is 6.26 Å². The zero-order valence-corrected chi connectivity index (χ0v) is 14.2. The number of hydrogen-bond donors (Lipinski definition) is 1. The third kappa shape index (κ3) is 3.11. The molecule has 0 aliphatic heterocycles. The zero-order chi connectivity index (χ0) is 16.6. The molecule has 0 spiro atoms. The van der Waals surface area contributed by atoms with Crippen molar-refractivity contribution in [3.63, 3.8) is 0 Å². The summed E-state index contributed by atoms with van der Waals surface area (Å²) >= 11 is 1.36. The zero-order valence-electron chi connectivity index (χ0n) is 12.5. The fourth-order valence-corrected chi connectivity index (χ4v) is 4.11. The SMILES string of the molecule is Cc1cccc2sc(NC(=O)c3ccccc3S(C)(=O)=O)nc12. The van der Waals surface area contributed by atoms with Gasteiger partial charge in [-0.1, -0.05) is 35.6 Å². The fourth-order valence-electron chi connectivity index (χ4n) is 2.28. The van der Waals surface area contributed by atoms with Crippen LogP contribution in [0.25, 0.3) is 10.2 Å². The van der Waals surface area contributed by atoms with Gasteiger partial charge >= 0.3 is 0 Å². The lowest BCUT2D eigenvalue weighted by Gasteiger charge is -2.06. The monoisotopic (exact) mass is 346 g/mol. The maximum Gasteiger partial charge on any atom is 0.258 e. The molecule has 3 rings (SSSR count). The van der Waals surface area contributed by atoms with E-state index in [-0.39, 0.29) is 10.5 Å². The summed E-state index contributed by atoms with van der Waals surface area (Å²) < 4.78 is 24.6. The van der Waals surface area contributed by atoms with E-state index in [1.165, 1.54) is 23.5 Å². The quantitative estimate of drug-likeness (QED) is 0.790. The largest absolute Gasteiger partial charge is 0.298 e. The molecule has 0 fully saturated rings. The van der Waals surface area contributed by atoms with E-state index in [4.69, 9.17) is 0 Å². The van der Waals surface area contributed by atoms with Gasteiger partial charge in [0.15, 0.2) is 15.0 Å². The first-order valence-electron chi connectivity index (χ1n) is 6.83. The van der Waals surface area contributed by atoms with Gasteiger partial charge in [-0.05, 0) is 30.7 Å². The first kappa shape index (κ1) is 15.6. The molecular weight excluding hydrogens is 332 g/mol. The Balaban J connectivity index is 1.97. The van der Waals surface area contributed by atoms with Crippen molar-refractivity contribution in [3.8, 4) is 0 Å². The first-order chi connectivity index (χ1) is 10.9. The Bertz CT molecular complexity index is 1010. The molecule has 0 radical (unpaired) electrons. The number of carbonyl (C=O) groups excluding carboxylic acids is 1. The topological polar surface area (TPSA) is 76.1 Å². The van der Waals surface area contributed by atoms with Gasteiger partial charge in [-0.15, -0.1) is 0 Å². The van der Waals surface area contributed by atoms with Gasteiger partial charge in [0.2, 0.25) is 0 Å². The van der Waals surface area contributed by atoms with Crippen molar-refractivity contribution in [2.24, 2.45) is 0 Å². The molecule has 7 heteroatoms. The number of thiazole rings is 1. The average Bonchev–Trinajstić information content (AvgIpc) is 2.90. The lowest BCUT2D eigenvalue weighted by Crippen LogP contribution is -2.15. The lowest BCUT2D eigenvalue weighted by molar-refractivity contribution is 0.102. The fraction of sp³-hybridized carbons (Fsp3) is 0.125. The summed E-state index contributed by atoms with van der Waals surface area (Å²) in [6.07, 6.45) is 1.08. The van der Waals surface area contributed by atoms with Gasteiger partial charge < -0.3 is 0 Å². The third-order valence-electron chi connectivity index (χ3n) is 3.37. The summed E-state index contributed by atoms with van der Waals surface area (Å²) in [5, 5.41) is 3.14. The van der Waals surface area contributed by atoms with Gasteiger partial charge in [0.1, 0.15) is 0 Å². The van der Waals surface area contributed by atoms with E-state index in [1.54, 1.807) is 12.1 Å². The number of para-hydroxylation sites is 1. The van der Waals surface area contributed by atoms with Crippen LogP contribution in [0.5, 0.6) is 0 Å². The molecule has 3 aromatic rings. The minimum absolute atomic E-state index is 0.00907. The van der Waals surface area contributed by atoms with Crippen LogP contribution in [0.4, 0.5) is 5.13 Å². The molecule has 1 heterocycles. The van der Waals surface area contributed by atoms with Crippen LogP contribution in [-0.2, 0) is 9.84 Å². The molecule has 1 N–H and O–H groups in total. The van der Waals surface area contributed by atoms with Crippen LogP contribution >= 0.6 is 11.3 Å². The van der Waals surface area contributed by atoms with E-state index >= 15 is 0 Å². The number of hydrogen-bond acceptors (Lipinski definition) is 5. The summed E-state index contributed by atoms with van der Waals surface area (Å²) in [4.78, 5) is 16.9. The highest BCUT2D eigenvalue weighted by Gasteiger charge is 2.19. The summed E-state index contributed by atoms with van der Waals surface area (Å²) in [6, 6.07) is 11.9. The third-order valence-corrected chi connectivity index (χ3v) is 5.46. The van der Waals surface area contributed by atoms with Gasteiger partial charge in [0.25, 0.3) is 5.91 Å². The number of benzene rings is 2. The molecule has 0 saturated heterocycles. The molecule has 0 bridgehead atoms. The molecule has 0 saturated carbocycles. The number of amides is 1. The average molecular weight is 346 g/mol. The minimum atomic E-state index is -3.48. The van der Waals surface area contributed by atoms with E-state index in [0.717, 1.165) is 22.0 Å². The van der Waals surface area contributed by atoms with Crippen LogP contribution in [0.2, 0.25) is 0 Å². The highest BCUT2D eigenvalue weighted by Crippen LogP contribution is 2.28. The summed E-state index contributed by atoms with van der Waals surface area (Å²) in [5.74, 6) is -0.484. The maximum absolute atomic E-state index is 12.4. The minimum Gasteiger partial charge on any atom is -0.298 e. The lowest BCUT2D eigenvalue weighted by atomic mass is 10.2. The molecule has 118 valence electrons. The van der Waals surface area contributed by atoms with Crippen molar-refractivity contribution in [1.29, 1.82) is 0 Å². The van der Waals surface area contributed by atoms with Gasteiger partial charge in [-0.2, -0.15) is 0 Å². The summed E-state index contributed by atoms with van der Waals surface area (Å²) in [5.41, 5.74) is 1.98. The Hall–Kier alpha value is -2.25. The van der Waals surface area contributed by atoms with Crippen LogP contribution < -0.4 is 5.32 Å². The van der Waals surface area contributed by atoms with Crippen LogP contribution in [0.1, 0.15) is 15.9 Å². The molecule has 23 heavy (non-hydrogen) atoms. The van der Waals surface area contributed by atoms with Crippen LogP contribution in [0.3, 0.4) is 0 Å². The van der Waals surface area contributed by atoms with E-state index in [0.29, 0.717) is 5.13 Å². The summed E-state index contributed by atoms with van der Waals surface area (Å²) in [6.45, 7) is 1.95. The normalized spacial score (nSPS) is 11.6. The highest BCUT2D eigenvalue weighted by atomic mass is 32.2. The molecule has 0 aliphatic rings. The first-order valence-corrected chi connectivity index (χ1v) is 9.53. The van der Waals surface area contributed by atoms with E-state index in [9.17, 15) is 13.2 Å². The molecule has 2 aromatic carbocycles. The predicted molar refractivity (Wildman–Crippen MR) is 91.9 cm³/mol. The number of aryl methyl sites for hydroxylation is 1. The van der Waals surface area contributed by atoms with Gasteiger partial charge in [-0.3, -0.25) is 10.1 Å². The van der Waals surface area contributed by atoms with Crippen LogP contribution in [0.15, 0.2) is 47.4 Å². The van der Waals surface area contributed by atoms with Crippen molar-refractivity contribution in [2.75, 3.05) is 11.6 Å². The van der Waals surface area contributed by atoms with E-state index in [1.807, 2.05) is 25.1 Å². The number of sulfone groups is 1. The standard InChI is InChI=1S/C16H14N2O3S2/c1-10-6-5-8-12-14(10)17-16(22-12)18-15(19)11-7-3-4-9-13(11)23(2,20)21/h3-9H,1-2H3,(H,17,18,19). The van der Waals surface area contributed by atoms with Gasteiger partial charge in [0.05, 0.1) is 20.7 Å². The highest BCUT2D eigenvalue weighted by molar-refractivity contribution is 7.90. The molecule has 1 aromatic heterocycles. The van der Waals surface area contributed by atoms with Crippen molar-refractivity contribution in [1.82, 2.24) is 4.98 Å². The Morgan fingerprint density at radius 1 is 1.13 bits per heavy atom. The number of carbonyl (C=O) groups is 1. The number of nitrogens with zero attached hydrogens (tertiary/aromatic N) is 1. The second kappa shape index (κ2) is 5.75. The van der Waals surface area contributed by atoms with Crippen LogP contribution in [-0.4, -0.2) is 25.6 Å². The summed E-state index contributed by atoms with van der Waals surface area (Å²) in [7, 11) is -3.48. The number of rotatable bonds is 3. The number of aromatic nitrogens is 1. The number of anilines is 1. The molecule has 0 atom stereocenters. The predicted octanol–water partition coefficient (Wildman–Crippen LogP) is 3.26. The Labute approximate surface area is 137 Å². The Morgan fingerprint density at radius 2 is 1.87 bits per heavy atom. The van der Waals surface area contributed by atoms with Crippen LogP contribution in [0, 0.1) is 6.92 Å². The van der Waals surface area contributed by atoms with E-state index < -0.39 is 15.7 Å². The molecule has 0 unspecified atom stereocenters. The second-order valence-electron chi connectivity index (χ2n) is 5.16. The number of nitrogens with one attached hydrogen (secondary N) is 1. The van der Waals surface area contributed by atoms with E-state index in [2.05, 4.69) is 10.3 Å². The molecule has 1 amide bonds.